The summed E-state index contributed by atoms with van der Waals surface area (Å²) in [6.07, 6.45) is 0. The molecule has 0 aliphatic carbocycles. The van der Waals surface area contributed by atoms with E-state index in [0.29, 0.717) is 0 Å². The van der Waals surface area contributed by atoms with Gasteiger partial charge in [0.2, 0.25) is 0 Å². The summed E-state index contributed by atoms with van der Waals surface area (Å²) in [5.41, 5.74) is 6.25. The molecule has 0 aliphatic heterocycles. The van der Waals surface area contributed by atoms with Crippen LogP contribution in [0.1, 0.15) is 0 Å². The molecule has 0 saturated carbocycles. The molecular formula is C21H37N10P. The van der Waals surface area contributed by atoms with Crippen molar-refractivity contribution in [1.29, 1.82) is 5.16 Å². The fourth-order valence-corrected chi connectivity index (χ4v) is 5.33. The molecule has 0 fully saturated rings. The molecule has 3 aromatic rings. The first-order chi connectivity index (χ1) is 14.7. The van der Waals surface area contributed by atoms with Crippen LogP contribution in [-0.2, 0) is 0 Å². The van der Waals surface area contributed by atoms with Crippen molar-refractivity contribution in [2.45, 2.75) is 0 Å². The van der Waals surface area contributed by atoms with Gasteiger partial charge in [-0.05, 0) is 0 Å². The van der Waals surface area contributed by atoms with Crippen molar-refractivity contribution in [1.82, 2.24) is 0 Å². The molecule has 0 bridgehead atoms. The highest BCUT2D eigenvalue weighted by molar-refractivity contribution is 7.60. The monoisotopic (exact) mass is 460 g/mol. The van der Waals surface area contributed by atoms with Gasteiger partial charge < -0.3 is 29.4 Å². The first kappa shape index (κ1) is 23.9. The van der Waals surface area contributed by atoms with E-state index in [-0.39, 0.29) is 0 Å². The van der Waals surface area contributed by atoms with Crippen LogP contribution in [0.2, 0.25) is 0 Å². The summed E-state index contributed by atoms with van der Waals surface area (Å²) in [5.74, 6) is 0. The van der Waals surface area contributed by atoms with Crippen molar-refractivity contribution >= 4 is 41.6 Å². The Morgan fingerprint density at radius 3 is 0.688 bits per heavy atom. The van der Waals surface area contributed by atoms with E-state index >= 15 is 0 Å². The summed E-state index contributed by atoms with van der Waals surface area (Å²) in [4.78, 5) is 12.2. The molecule has 3 aromatic carbocycles. The molecule has 0 amide bonds. The average molecular weight is 461 g/mol. The maximum Gasteiger partial charge on any atom is 0.299 e. The molecule has 3 rings (SSSR count). The number of anilines is 6. The summed E-state index contributed by atoms with van der Waals surface area (Å²) in [7, 11) is 20.8. The molecule has 10 nitrogen and oxygen atoms in total. The molecule has 0 spiro atoms. The third-order valence-electron chi connectivity index (χ3n) is 5.23. The van der Waals surface area contributed by atoms with Crippen molar-refractivity contribution in [2.75, 3.05) is 114 Å². The third kappa shape index (κ3) is 4.28. The van der Waals surface area contributed by atoms with E-state index in [1.807, 2.05) is 114 Å². The van der Waals surface area contributed by atoms with Crippen molar-refractivity contribution in [3.05, 3.63) is 16.1 Å². The van der Waals surface area contributed by atoms with Gasteiger partial charge in [0.15, 0.2) is 0 Å². The number of hydrogen-bond donors (Lipinski definition) is 1. The SMILES string of the molecule is CN(C)c1c(N(C)C)c1=NP(=N)(N=c1c(N(C)C)c1N(C)C)N=c1c(N(C)C)c1N(C)C. The van der Waals surface area contributed by atoms with E-state index in [1.165, 1.54) is 0 Å². The van der Waals surface area contributed by atoms with E-state index in [4.69, 9.17) is 14.3 Å². The topological polar surface area (TPSA) is 80.4 Å². The van der Waals surface area contributed by atoms with Gasteiger partial charge >= 0.3 is 0 Å². The lowest BCUT2D eigenvalue weighted by Gasteiger charge is -2.07. The highest BCUT2D eigenvalue weighted by atomic mass is 31.2. The van der Waals surface area contributed by atoms with Gasteiger partial charge in [-0.15, -0.1) is 0 Å². The second-order valence-corrected chi connectivity index (χ2v) is 11.1. The highest BCUT2D eigenvalue weighted by Crippen LogP contribution is 2.54. The Morgan fingerprint density at radius 1 is 0.406 bits per heavy atom. The van der Waals surface area contributed by atoms with Crippen LogP contribution >= 0.6 is 7.51 Å². The smallest absolute Gasteiger partial charge is 0.299 e. The molecule has 32 heavy (non-hydrogen) atoms. The maximum atomic E-state index is 9.37. The minimum absolute atomic E-state index is 0.828. The first-order valence-electron chi connectivity index (χ1n) is 10.5. The fourth-order valence-electron chi connectivity index (χ4n) is 3.79. The molecule has 176 valence electrons. The van der Waals surface area contributed by atoms with Crippen molar-refractivity contribution in [2.24, 2.45) is 14.3 Å². The van der Waals surface area contributed by atoms with Crippen LogP contribution in [0, 0.1) is 5.16 Å². The zero-order valence-corrected chi connectivity index (χ0v) is 22.4. The van der Waals surface area contributed by atoms with Crippen LogP contribution in [0.3, 0.4) is 0 Å². The molecule has 0 heterocycles. The molecule has 1 N–H and O–H groups in total. The van der Waals surface area contributed by atoms with E-state index < -0.39 is 7.51 Å². The molecule has 11 heteroatoms. The number of hydrogen-bond acceptors (Lipinski definition) is 7. The summed E-state index contributed by atoms with van der Waals surface area (Å²) in [6, 6.07) is 0. The minimum Gasteiger partial charge on any atom is -0.374 e. The molecule has 0 saturated heterocycles. The summed E-state index contributed by atoms with van der Waals surface area (Å²) < 4.78 is 14.7. The molecule has 0 atom stereocenters. The second kappa shape index (κ2) is 7.99. The van der Waals surface area contributed by atoms with Gasteiger partial charge in [0, 0.05) is 84.6 Å². The van der Waals surface area contributed by atoms with Gasteiger partial charge in [0.1, 0.15) is 16.1 Å². The summed E-state index contributed by atoms with van der Waals surface area (Å²) >= 11 is 0. The lowest BCUT2D eigenvalue weighted by molar-refractivity contribution is 1.12. The van der Waals surface area contributed by atoms with Crippen LogP contribution in [0.25, 0.3) is 0 Å². The van der Waals surface area contributed by atoms with Gasteiger partial charge in [0.25, 0.3) is 7.51 Å². The second-order valence-electron chi connectivity index (χ2n) is 9.37. The van der Waals surface area contributed by atoms with Crippen molar-refractivity contribution in [3.8, 4) is 0 Å². The zero-order valence-electron chi connectivity index (χ0n) is 21.5. The lowest BCUT2D eigenvalue weighted by atomic mass is 10.7. The van der Waals surface area contributed by atoms with Crippen molar-refractivity contribution in [3.63, 3.8) is 0 Å². The average Bonchev–Trinajstić information content (AvgIpc) is 3.49. The quantitative estimate of drug-likeness (QED) is 0.486. The van der Waals surface area contributed by atoms with Crippen LogP contribution in [0.5, 0.6) is 0 Å². The van der Waals surface area contributed by atoms with E-state index in [2.05, 4.69) is 0 Å². The predicted octanol–water partition coefficient (Wildman–Crippen LogP) is 1.34. The largest absolute Gasteiger partial charge is 0.374 e. The van der Waals surface area contributed by atoms with E-state index in [0.717, 1.165) is 50.2 Å². The normalized spacial score (nSPS) is 11.9. The van der Waals surface area contributed by atoms with Gasteiger partial charge in [-0.1, -0.05) is 0 Å². The summed E-state index contributed by atoms with van der Waals surface area (Å²) in [5, 5.41) is 11.9. The molecule has 0 unspecified atom stereocenters. The number of nitrogens with one attached hydrogen (secondary N) is 1. The van der Waals surface area contributed by atoms with Crippen LogP contribution in [-0.4, -0.2) is 84.6 Å². The Balaban J connectivity index is 2.25. The van der Waals surface area contributed by atoms with Gasteiger partial charge in [-0.2, -0.15) is 0 Å². The zero-order chi connectivity index (χ0) is 24.3. The Hall–Kier alpha value is -2.74. The Kier molecular flexibility index (Phi) is 5.97. The third-order valence-corrected chi connectivity index (χ3v) is 6.67. The fraction of sp³-hybridized carbons (Fsp3) is 0.571. The van der Waals surface area contributed by atoms with Crippen molar-refractivity contribution < 1.29 is 0 Å². The van der Waals surface area contributed by atoms with Gasteiger partial charge in [-0.3, -0.25) is 5.16 Å². The molecule has 0 aromatic heterocycles. The number of nitrogens with zero attached hydrogens (tertiary/aromatic N) is 9. The Morgan fingerprint density at radius 2 is 0.562 bits per heavy atom. The first-order valence-corrected chi connectivity index (χ1v) is 12.1. The standard InChI is InChI=1S/C21H37N10P/c1-26(2)16-13(17(16)27(3)4)23-32(22,24-14-18(28(5)6)19(14)29(7)8)25-15-20(30(9)10)21(15)31(11)12/h22H,1-12H3. The van der Waals surface area contributed by atoms with Crippen LogP contribution < -0.4 is 45.5 Å². The lowest BCUT2D eigenvalue weighted by Crippen LogP contribution is -2.08. The Labute approximate surface area is 191 Å². The van der Waals surface area contributed by atoms with Gasteiger partial charge in [0.05, 0.1) is 34.1 Å². The van der Waals surface area contributed by atoms with Crippen LogP contribution in [0.15, 0.2) is 14.3 Å². The van der Waals surface area contributed by atoms with E-state index in [1.54, 1.807) is 0 Å². The van der Waals surface area contributed by atoms with E-state index in [9.17, 15) is 5.16 Å². The molecular weight excluding hydrogens is 423 g/mol. The minimum atomic E-state index is -3.18. The summed E-state index contributed by atoms with van der Waals surface area (Å²) in [6.45, 7) is 0. The van der Waals surface area contributed by atoms with Gasteiger partial charge in [-0.25, -0.2) is 14.3 Å². The molecule has 0 radical (unpaired) electrons. The maximum absolute atomic E-state index is 9.37. The van der Waals surface area contributed by atoms with Crippen LogP contribution in [0.4, 0.5) is 34.1 Å². The number of rotatable bonds is 9. The Bertz CT molecular complexity index is 1010. The molecule has 0 aliphatic rings. The predicted molar refractivity (Wildman–Crippen MR) is 139 cm³/mol. The highest BCUT2D eigenvalue weighted by Gasteiger charge is 2.32.